The van der Waals surface area contributed by atoms with Crippen LogP contribution in [0, 0.1) is 5.92 Å². The van der Waals surface area contributed by atoms with E-state index in [2.05, 4.69) is 18.3 Å². The summed E-state index contributed by atoms with van der Waals surface area (Å²) in [5.74, 6) is -0.0881. The highest BCUT2D eigenvalue weighted by Gasteiger charge is 2.38. The van der Waals surface area contributed by atoms with Crippen molar-refractivity contribution in [2.24, 2.45) is 5.92 Å². The summed E-state index contributed by atoms with van der Waals surface area (Å²) in [5, 5.41) is 2.97. The van der Waals surface area contributed by atoms with Crippen molar-refractivity contribution in [3.05, 3.63) is 29.8 Å². The van der Waals surface area contributed by atoms with E-state index in [0.29, 0.717) is 19.0 Å². The fourth-order valence-corrected chi connectivity index (χ4v) is 3.59. The summed E-state index contributed by atoms with van der Waals surface area (Å²) in [4.78, 5) is 26.5. The Kier molecular flexibility index (Phi) is 4.46. The van der Waals surface area contributed by atoms with Crippen LogP contribution in [0.3, 0.4) is 0 Å². The summed E-state index contributed by atoms with van der Waals surface area (Å²) >= 11 is 0. The van der Waals surface area contributed by atoms with Gasteiger partial charge in [0.05, 0.1) is 5.92 Å². The Morgan fingerprint density at radius 2 is 2.09 bits per heavy atom. The van der Waals surface area contributed by atoms with Gasteiger partial charge in [-0.3, -0.25) is 9.59 Å². The number of aryl methyl sites for hydroxylation is 1. The number of hydrogen-bond acceptors (Lipinski definition) is 2. The predicted octanol–water partition coefficient (Wildman–Crippen LogP) is 2.98. The Balaban J connectivity index is 1.62. The van der Waals surface area contributed by atoms with E-state index < -0.39 is 0 Å². The molecule has 2 aliphatic rings. The summed E-state index contributed by atoms with van der Waals surface area (Å²) in [6.07, 6.45) is 5.90. The number of hydrogen-bond donors (Lipinski definition) is 1. The van der Waals surface area contributed by atoms with Crippen molar-refractivity contribution in [3.63, 3.8) is 0 Å². The van der Waals surface area contributed by atoms with Crippen molar-refractivity contribution in [2.45, 2.75) is 51.5 Å². The summed E-state index contributed by atoms with van der Waals surface area (Å²) in [6.45, 7) is 2.68. The normalized spacial score (nSPS) is 22.3. The van der Waals surface area contributed by atoms with E-state index in [1.165, 1.54) is 18.4 Å². The molecular weight excluding hydrogens is 276 g/mol. The van der Waals surface area contributed by atoms with Crippen LogP contribution >= 0.6 is 0 Å². The highest BCUT2D eigenvalue weighted by molar-refractivity contribution is 5.97. The van der Waals surface area contributed by atoms with Gasteiger partial charge in [-0.1, -0.05) is 31.9 Å². The highest BCUT2D eigenvalue weighted by atomic mass is 16.2. The first-order chi connectivity index (χ1) is 10.7. The first-order valence-electron chi connectivity index (χ1n) is 8.36. The number of anilines is 1. The largest absolute Gasteiger partial charge is 0.339 e. The molecule has 0 bridgehead atoms. The van der Waals surface area contributed by atoms with Gasteiger partial charge in [0.15, 0.2) is 0 Å². The standard InChI is InChI=1S/C18H24N2O2/c1-2-13-6-5-7-15(10-13)19-18(22)14-11-17(21)20(12-14)16-8-3-4-9-16/h5-7,10,14,16H,2-4,8-9,11-12H2,1H3,(H,19,22)/t14-/m1/s1. The van der Waals surface area contributed by atoms with Gasteiger partial charge in [0.25, 0.3) is 0 Å². The van der Waals surface area contributed by atoms with Gasteiger partial charge < -0.3 is 10.2 Å². The van der Waals surface area contributed by atoms with Crippen molar-refractivity contribution in [2.75, 3.05) is 11.9 Å². The van der Waals surface area contributed by atoms with E-state index in [4.69, 9.17) is 0 Å². The fraction of sp³-hybridized carbons (Fsp3) is 0.556. The smallest absolute Gasteiger partial charge is 0.229 e. The molecule has 4 heteroatoms. The average molecular weight is 300 g/mol. The van der Waals surface area contributed by atoms with Gasteiger partial charge in [0, 0.05) is 24.7 Å². The summed E-state index contributed by atoms with van der Waals surface area (Å²) in [6, 6.07) is 8.29. The van der Waals surface area contributed by atoms with Crippen LogP contribution in [0.1, 0.15) is 44.6 Å². The van der Waals surface area contributed by atoms with Gasteiger partial charge in [-0.25, -0.2) is 0 Å². The van der Waals surface area contributed by atoms with E-state index in [9.17, 15) is 9.59 Å². The molecule has 1 aliphatic heterocycles. The monoisotopic (exact) mass is 300 g/mol. The average Bonchev–Trinajstić information content (AvgIpc) is 3.16. The van der Waals surface area contributed by atoms with E-state index in [0.717, 1.165) is 24.9 Å². The van der Waals surface area contributed by atoms with Crippen LogP contribution in [0.25, 0.3) is 0 Å². The third-order valence-corrected chi connectivity index (χ3v) is 4.90. The van der Waals surface area contributed by atoms with Crippen LogP contribution in [0.2, 0.25) is 0 Å². The second-order valence-corrected chi connectivity index (χ2v) is 6.43. The number of carbonyl (C=O) groups is 2. The van der Waals surface area contributed by atoms with E-state index in [-0.39, 0.29) is 17.7 Å². The number of nitrogens with one attached hydrogen (secondary N) is 1. The number of nitrogens with zero attached hydrogens (tertiary/aromatic N) is 1. The van der Waals surface area contributed by atoms with Gasteiger partial charge >= 0.3 is 0 Å². The number of amides is 2. The van der Waals surface area contributed by atoms with Crippen molar-refractivity contribution in [1.82, 2.24) is 4.90 Å². The maximum Gasteiger partial charge on any atom is 0.229 e. The predicted molar refractivity (Wildman–Crippen MR) is 86.5 cm³/mol. The van der Waals surface area contributed by atoms with Crippen molar-refractivity contribution >= 4 is 17.5 Å². The topological polar surface area (TPSA) is 49.4 Å². The Morgan fingerprint density at radius 3 is 2.82 bits per heavy atom. The number of benzene rings is 1. The number of rotatable bonds is 4. The molecule has 1 N–H and O–H groups in total. The van der Waals surface area contributed by atoms with Crippen LogP contribution < -0.4 is 5.32 Å². The van der Waals surface area contributed by atoms with Crippen LogP contribution in [0.5, 0.6) is 0 Å². The third-order valence-electron chi connectivity index (χ3n) is 4.90. The molecule has 3 rings (SSSR count). The van der Waals surface area contributed by atoms with Crippen LogP contribution in [0.15, 0.2) is 24.3 Å². The van der Waals surface area contributed by atoms with E-state index in [1.807, 2.05) is 23.1 Å². The van der Waals surface area contributed by atoms with Crippen molar-refractivity contribution in [1.29, 1.82) is 0 Å². The molecule has 0 spiro atoms. The molecule has 2 fully saturated rings. The van der Waals surface area contributed by atoms with Gasteiger partial charge in [-0.05, 0) is 37.0 Å². The fourth-order valence-electron chi connectivity index (χ4n) is 3.59. The summed E-state index contributed by atoms with van der Waals surface area (Å²) in [5.41, 5.74) is 2.03. The van der Waals surface area contributed by atoms with Gasteiger partial charge in [0.2, 0.25) is 11.8 Å². The lowest BCUT2D eigenvalue weighted by Crippen LogP contribution is -2.35. The molecule has 22 heavy (non-hydrogen) atoms. The van der Waals surface area contributed by atoms with Crippen LogP contribution in [-0.4, -0.2) is 29.3 Å². The number of likely N-dealkylation sites (tertiary alicyclic amines) is 1. The zero-order chi connectivity index (χ0) is 15.5. The zero-order valence-electron chi connectivity index (χ0n) is 13.2. The lowest BCUT2D eigenvalue weighted by Gasteiger charge is -2.23. The molecule has 118 valence electrons. The molecule has 0 aromatic heterocycles. The molecule has 1 saturated heterocycles. The lowest BCUT2D eigenvalue weighted by atomic mass is 10.1. The molecule has 2 amide bonds. The molecule has 1 aliphatic carbocycles. The van der Waals surface area contributed by atoms with Gasteiger partial charge in [0.1, 0.15) is 0 Å². The zero-order valence-corrected chi connectivity index (χ0v) is 13.2. The molecule has 1 saturated carbocycles. The first-order valence-corrected chi connectivity index (χ1v) is 8.36. The Hall–Kier alpha value is -1.84. The van der Waals surface area contributed by atoms with Crippen molar-refractivity contribution in [3.8, 4) is 0 Å². The minimum absolute atomic E-state index is 0.0258. The quantitative estimate of drug-likeness (QED) is 0.929. The summed E-state index contributed by atoms with van der Waals surface area (Å²) < 4.78 is 0. The molecule has 1 atom stereocenters. The minimum atomic E-state index is -0.210. The maximum atomic E-state index is 12.4. The van der Waals surface area contributed by atoms with Gasteiger partial charge in [-0.15, -0.1) is 0 Å². The number of carbonyl (C=O) groups excluding carboxylic acids is 2. The molecule has 4 nitrogen and oxygen atoms in total. The second kappa shape index (κ2) is 6.51. The molecule has 1 aromatic rings. The summed E-state index contributed by atoms with van der Waals surface area (Å²) in [7, 11) is 0. The van der Waals surface area contributed by atoms with E-state index in [1.54, 1.807) is 0 Å². The molecular formula is C18H24N2O2. The molecule has 0 radical (unpaired) electrons. The maximum absolute atomic E-state index is 12.4. The second-order valence-electron chi connectivity index (χ2n) is 6.43. The SMILES string of the molecule is CCc1cccc(NC(=O)[C@@H]2CC(=O)N(C3CCCC3)C2)c1. The molecule has 1 aromatic carbocycles. The van der Waals surface area contributed by atoms with Crippen LogP contribution in [0.4, 0.5) is 5.69 Å². The van der Waals surface area contributed by atoms with Crippen LogP contribution in [-0.2, 0) is 16.0 Å². The van der Waals surface area contributed by atoms with E-state index >= 15 is 0 Å². The highest BCUT2D eigenvalue weighted by Crippen LogP contribution is 2.30. The Bertz CT molecular complexity index is 564. The minimum Gasteiger partial charge on any atom is -0.339 e. The van der Waals surface area contributed by atoms with Gasteiger partial charge in [-0.2, -0.15) is 0 Å². The molecule has 0 unspecified atom stereocenters. The molecule has 1 heterocycles. The third kappa shape index (κ3) is 3.16. The lowest BCUT2D eigenvalue weighted by molar-refractivity contribution is -0.129. The first kappa shape index (κ1) is 15.1. The Morgan fingerprint density at radius 1 is 1.32 bits per heavy atom. The van der Waals surface area contributed by atoms with Crippen molar-refractivity contribution < 1.29 is 9.59 Å². The Labute approximate surface area is 131 Å².